The minimum atomic E-state index is -1.16. The topological polar surface area (TPSA) is 155 Å². The summed E-state index contributed by atoms with van der Waals surface area (Å²) in [5, 5.41) is 6.12. The van der Waals surface area contributed by atoms with Crippen LogP contribution in [0.15, 0.2) is 35.5 Å². The zero-order valence-electron chi connectivity index (χ0n) is 40.5. The number of benzene rings is 1. The molecule has 67 heavy (non-hydrogen) atoms. The second-order valence-corrected chi connectivity index (χ2v) is 20.5. The number of pyridine rings is 1. The molecule has 1 unspecified atom stereocenters. The van der Waals surface area contributed by atoms with Crippen LogP contribution >= 0.6 is 11.8 Å². The number of aliphatic imine (C=N–C) groups is 1. The third-order valence-electron chi connectivity index (χ3n) is 13.7. The van der Waals surface area contributed by atoms with Crippen LogP contribution in [0.25, 0.3) is 22.2 Å². The number of piperazine rings is 1. The van der Waals surface area contributed by atoms with Gasteiger partial charge in [-0.2, -0.15) is 0 Å². The number of aromatic nitrogens is 2. The van der Waals surface area contributed by atoms with Gasteiger partial charge in [0.05, 0.1) is 60.8 Å². The average molecular weight is 940 g/mol. The predicted molar refractivity (Wildman–Crippen MR) is 262 cm³/mol. The zero-order valence-corrected chi connectivity index (χ0v) is 41.3. The summed E-state index contributed by atoms with van der Waals surface area (Å²) in [5.41, 5.74) is 9.73. The zero-order chi connectivity index (χ0) is 47.6. The van der Waals surface area contributed by atoms with Gasteiger partial charge in [-0.3, -0.25) is 24.6 Å². The van der Waals surface area contributed by atoms with Crippen LogP contribution in [0.3, 0.4) is 0 Å². The number of fused-ring (bicyclic) bond motifs is 5. The Morgan fingerprint density at radius 1 is 1.10 bits per heavy atom. The van der Waals surface area contributed by atoms with Crippen molar-refractivity contribution in [2.45, 2.75) is 116 Å². The number of methoxy groups -OCH3 is 1. The van der Waals surface area contributed by atoms with Crippen LogP contribution in [-0.4, -0.2) is 157 Å². The second-order valence-electron chi connectivity index (χ2n) is 19.5. The fraction of sp³-hybridized carbons (Fsp3) is 0.620. The number of anilines is 1. The molecule has 6 atom stereocenters. The van der Waals surface area contributed by atoms with Crippen molar-refractivity contribution in [1.29, 1.82) is 0 Å². The average Bonchev–Trinajstić information content (AvgIpc) is 3.91. The van der Waals surface area contributed by atoms with E-state index in [1.807, 2.05) is 20.0 Å². The molecule has 7 heterocycles. The van der Waals surface area contributed by atoms with Gasteiger partial charge in [0.2, 0.25) is 0 Å². The highest BCUT2D eigenvalue weighted by Crippen LogP contribution is 2.44. The molecule has 3 amide bonds. The number of hydrogen-bond acceptors (Lipinski definition) is 13. The van der Waals surface area contributed by atoms with E-state index in [-0.39, 0.29) is 37.5 Å². The van der Waals surface area contributed by atoms with E-state index in [1.54, 1.807) is 12.0 Å². The summed E-state index contributed by atoms with van der Waals surface area (Å²) >= 11 is 1.53. The Bertz CT molecular complexity index is 2370. The summed E-state index contributed by atoms with van der Waals surface area (Å²) < 4.78 is 27.3. The molecule has 1 aromatic carbocycles. The van der Waals surface area contributed by atoms with Gasteiger partial charge in [0.15, 0.2) is 0 Å². The fourth-order valence-electron chi connectivity index (χ4n) is 9.75. The molecular formula is C50H69N9O7S. The largest absolute Gasteiger partial charge is 0.464 e. The van der Waals surface area contributed by atoms with E-state index < -0.39 is 41.5 Å². The van der Waals surface area contributed by atoms with Crippen molar-refractivity contribution >= 4 is 51.3 Å². The monoisotopic (exact) mass is 940 g/mol. The Labute approximate surface area is 399 Å². The maximum Gasteiger partial charge on any atom is 0.324 e. The van der Waals surface area contributed by atoms with Gasteiger partial charge in [-0.15, -0.1) is 18.2 Å². The molecule has 3 saturated heterocycles. The lowest BCUT2D eigenvalue weighted by atomic mass is 9.84. The lowest BCUT2D eigenvalue weighted by molar-refractivity contribution is -0.155. The van der Waals surface area contributed by atoms with Crippen molar-refractivity contribution in [3.05, 3.63) is 47.3 Å². The Morgan fingerprint density at radius 3 is 2.60 bits per heavy atom. The normalized spacial score (nSPS) is 25.3. The highest BCUT2D eigenvalue weighted by Gasteiger charge is 2.44. The third kappa shape index (κ3) is 10.5. The number of carbonyl (C=O) groups excluding carboxylic acids is 3. The van der Waals surface area contributed by atoms with Crippen LogP contribution < -0.4 is 15.6 Å². The Balaban J connectivity index is 1.30. The number of nitrogens with zero attached hydrogens (tertiary/aromatic N) is 7. The number of hydrazine groups is 1. The highest BCUT2D eigenvalue weighted by molar-refractivity contribution is 8.14. The van der Waals surface area contributed by atoms with Gasteiger partial charge >= 0.3 is 12.0 Å². The molecule has 17 heteroatoms. The minimum absolute atomic E-state index is 0.0456. The maximum atomic E-state index is 14.7. The molecule has 16 nitrogen and oxygen atoms in total. The van der Waals surface area contributed by atoms with Crippen molar-refractivity contribution < 1.29 is 33.3 Å². The van der Waals surface area contributed by atoms with Gasteiger partial charge in [-0.05, 0) is 89.8 Å². The van der Waals surface area contributed by atoms with Crippen LogP contribution in [0.2, 0.25) is 0 Å². The van der Waals surface area contributed by atoms with Gasteiger partial charge in [0, 0.05) is 87.2 Å². The molecule has 0 spiro atoms. The molecule has 8 rings (SSSR count). The first kappa shape index (κ1) is 48.7. The van der Waals surface area contributed by atoms with Gasteiger partial charge in [-0.1, -0.05) is 25.8 Å². The van der Waals surface area contributed by atoms with Crippen molar-refractivity contribution in [3.63, 3.8) is 0 Å². The first-order valence-corrected chi connectivity index (χ1v) is 25.0. The van der Waals surface area contributed by atoms with Gasteiger partial charge in [0.1, 0.15) is 23.2 Å². The molecular weight excluding hydrogens is 871 g/mol. The summed E-state index contributed by atoms with van der Waals surface area (Å²) in [5.74, 6) is 2.41. The number of hydrogen-bond donors (Lipinski definition) is 2. The van der Waals surface area contributed by atoms with E-state index >= 15 is 0 Å². The standard InChI is InChI=1S/C50H69N9O7S/c1-10-34-16-18-57(34)49(62)53-43-45(64-11-2)46-52-40(29-67-46)33-14-15-41-36(25-33)38(27-50(6,7)30-66-48(61)39-13-12-17-59(54-39)47(43)60)44(58(41)23-24-65-31(3)4)37-26-35(28-51-42(37)32(5)63-9)56-21-19-55(8)20-22-56/h1,14-15,25-26,28,31-32,34,39-40,43,45,54H,11-13,16-24,27,29-30H2,2-9H3,(H,53,62)/t32-,34+,39-,40?,43-,45-/m0/s1. The molecule has 5 aliphatic heterocycles. The van der Waals surface area contributed by atoms with E-state index in [0.717, 1.165) is 70.8 Å². The van der Waals surface area contributed by atoms with Gasteiger partial charge in [-0.25, -0.2) is 10.2 Å². The van der Waals surface area contributed by atoms with Crippen LogP contribution in [0, 0.1) is 17.8 Å². The van der Waals surface area contributed by atoms with Crippen molar-refractivity contribution in [3.8, 4) is 23.6 Å². The molecule has 6 bridgehead atoms. The third-order valence-corrected chi connectivity index (χ3v) is 14.8. The first-order chi connectivity index (χ1) is 32.2. The number of thioether (sulfide) groups is 1. The molecule has 0 saturated carbocycles. The molecule has 5 aliphatic rings. The van der Waals surface area contributed by atoms with E-state index in [2.05, 4.69) is 90.0 Å². The van der Waals surface area contributed by atoms with Gasteiger partial charge < -0.3 is 43.5 Å². The number of terminal acetylenes is 1. The number of nitrogens with one attached hydrogen (secondary N) is 2. The fourth-order valence-corrected chi connectivity index (χ4v) is 10.9. The van der Waals surface area contributed by atoms with Crippen LogP contribution in [0.5, 0.6) is 0 Å². The molecule has 0 radical (unpaired) electrons. The highest BCUT2D eigenvalue weighted by atomic mass is 32.2. The Morgan fingerprint density at radius 2 is 1.90 bits per heavy atom. The number of esters is 1. The molecule has 2 N–H and O–H groups in total. The summed E-state index contributed by atoms with van der Waals surface area (Å²) in [4.78, 5) is 59.4. The SMILES string of the molecule is C#C[C@@H]1CCN1C(=O)N[C@@H]1C(=O)N2CCC[C@H](N2)C(=O)OCC(C)(C)Cc2c(-c3cc(N4CCN(C)CC4)cnc3[C@H](C)OC)n(CCOC(C)C)c3ccc(cc23)C2CSC(=N2)[C@H]1OCC. The number of carbonyl (C=O) groups is 3. The predicted octanol–water partition coefficient (Wildman–Crippen LogP) is 5.59. The molecule has 3 fully saturated rings. The van der Waals surface area contributed by atoms with E-state index in [9.17, 15) is 14.4 Å². The van der Waals surface area contributed by atoms with Crippen molar-refractivity contribution in [2.24, 2.45) is 10.4 Å². The van der Waals surface area contributed by atoms with Crippen molar-refractivity contribution in [2.75, 3.05) is 83.9 Å². The maximum absolute atomic E-state index is 14.7. The first-order valence-electron chi connectivity index (χ1n) is 24.0. The number of ether oxygens (including phenoxy) is 4. The van der Waals surface area contributed by atoms with E-state index in [0.29, 0.717) is 62.7 Å². The van der Waals surface area contributed by atoms with Gasteiger partial charge in [0.25, 0.3) is 5.91 Å². The van der Waals surface area contributed by atoms with Crippen LogP contribution in [-0.2, 0) is 41.5 Å². The lowest BCUT2D eigenvalue weighted by Crippen LogP contribution is -2.65. The number of likely N-dealkylation sites (tertiary alicyclic amines) is 1. The summed E-state index contributed by atoms with van der Waals surface area (Å²) in [6, 6.07) is 5.89. The number of urea groups is 1. The quantitative estimate of drug-likeness (QED) is 0.182. The Kier molecular flexibility index (Phi) is 15.2. The molecule has 2 aromatic heterocycles. The molecule has 3 aromatic rings. The number of cyclic esters (lactones) is 1. The van der Waals surface area contributed by atoms with Crippen LogP contribution in [0.4, 0.5) is 10.5 Å². The number of amides is 3. The van der Waals surface area contributed by atoms with E-state index in [4.69, 9.17) is 35.3 Å². The summed E-state index contributed by atoms with van der Waals surface area (Å²) in [6.45, 7) is 18.3. The summed E-state index contributed by atoms with van der Waals surface area (Å²) in [6.07, 6.45) is 8.86. The lowest BCUT2D eigenvalue weighted by Gasteiger charge is -2.40. The van der Waals surface area contributed by atoms with E-state index in [1.165, 1.54) is 16.8 Å². The minimum Gasteiger partial charge on any atom is -0.464 e. The number of likely N-dealkylation sites (N-methyl/N-ethyl adjacent to an activating group) is 1. The number of rotatable bonds is 11. The second kappa shape index (κ2) is 20.9. The van der Waals surface area contributed by atoms with Crippen LogP contribution in [0.1, 0.15) is 89.8 Å². The summed E-state index contributed by atoms with van der Waals surface area (Å²) in [7, 11) is 3.88. The Hall–Kier alpha value is -4.70. The molecule has 362 valence electrons. The molecule has 0 aliphatic carbocycles. The van der Waals surface area contributed by atoms with Crippen molar-refractivity contribution in [1.82, 2.24) is 35.1 Å². The smallest absolute Gasteiger partial charge is 0.324 e.